The molecule has 1 aromatic carbocycles. The van der Waals surface area contributed by atoms with Crippen molar-refractivity contribution < 1.29 is 9.47 Å². The highest BCUT2D eigenvalue weighted by molar-refractivity contribution is 6.33. The minimum Gasteiger partial charge on any atom is -0.486 e. The van der Waals surface area contributed by atoms with Crippen molar-refractivity contribution in [2.45, 2.75) is 45.6 Å². The maximum atomic E-state index is 6.36. The smallest absolute Gasteiger partial charge is 0.163 e. The predicted octanol–water partition coefficient (Wildman–Crippen LogP) is 4.74. The third kappa shape index (κ3) is 3.39. The number of benzene rings is 1. The molecule has 0 aromatic heterocycles. The fraction of sp³-hybridized carbons (Fsp3) is 0.647. The zero-order chi connectivity index (χ0) is 14.8. The van der Waals surface area contributed by atoms with E-state index in [0.717, 1.165) is 29.0 Å². The van der Waals surface area contributed by atoms with E-state index in [0.29, 0.717) is 24.3 Å². The number of halogens is 1. The number of hydrogen-bond acceptors (Lipinski definition) is 3. The molecule has 1 aliphatic carbocycles. The topological polar surface area (TPSA) is 30.5 Å². The molecule has 116 valence electrons. The summed E-state index contributed by atoms with van der Waals surface area (Å²) in [5.41, 5.74) is 0.967. The van der Waals surface area contributed by atoms with Crippen LogP contribution in [0.5, 0.6) is 11.5 Å². The molecule has 1 aromatic rings. The standard InChI is InChI=1S/C17H24ClNO2/c1-11(2)12-3-5-13(6-4-12)19-15-10-17-16(9-14(15)18)20-7-8-21-17/h9-13,19H,3-8H2,1-2H3. The predicted molar refractivity (Wildman–Crippen MR) is 86.6 cm³/mol. The molecule has 1 saturated carbocycles. The van der Waals surface area contributed by atoms with Crippen molar-refractivity contribution in [1.29, 1.82) is 0 Å². The molecule has 0 atom stereocenters. The van der Waals surface area contributed by atoms with Crippen LogP contribution < -0.4 is 14.8 Å². The molecule has 1 N–H and O–H groups in total. The van der Waals surface area contributed by atoms with E-state index in [2.05, 4.69) is 19.2 Å². The van der Waals surface area contributed by atoms with E-state index >= 15 is 0 Å². The quantitative estimate of drug-likeness (QED) is 0.875. The zero-order valence-corrected chi connectivity index (χ0v) is 13.6. The lowest BCUT2D eigenvalue weighted by Gasteiger charge is -2.32. The van der Waals surface area contributed by atoms with Gasteiger partial charge in [0.25, 0.3) is 0 Å². The van der Waals surface area contributed by atoms with Crippen molar-refractivity contribution in [2.75, 3.05) is 18.5 Å². The molecule has 2 aliphatic rings. The molecule has 1 heterocycles. The highest BCUT2D eigenvalue weighted by atomic mass is 35.5. The van der Waals surface area contributed by atoms with Crippen LogP contribution in [0.25, 0.3) is 0 Å². The molecule has 0 unspecified atom stereocenters. The molecule has 21 heavy (non-hydrogen) atoms. The Kier molecular flexibility index (Phi) is 4.48. The molecule has 1 fully saturated rings. The molecule has 3 rings (SSSR count). The van der Waals surface area contributed by atoms with Crippen molar-refractivity contribution in [3.05, 3.63) is 17.2 Å². The SMILES string of the molecule is CC(C)C1CCC(Nc2cc3c(cc2Cl)OCCO3)CC1. The van der Waals surface area contributed by atoms with Gasteiger partial charge < -0.3 is 14.8 Å². The average Bonchev–Trinajstić information content (AvgIpc) is 2.48. The van der Waals surface area contributed by atoms with Crippen LogP contribution in [0.15, 0.2) is 12.1 Å². The third-order valence-corrected chi connectivity index (χ3v) is 5.02. The molecule has 4 heteroatoms. The molecule has 0 spiro atoms. The highest BCUT2D eigenvalue weighted by Crippen LogP contribution is 2.39. The van der Waals surface area contributed by atoms with E-state index in [4.69, 9.17) is 21.1 Å². The van der Waals surface area contributed by atoms with Gasteiger partial charge in [-0.1, -0.05) is 25.4 Å². The molecule has 3 nitrogen and oxygen atoms in total. The fourth-order valence-electron chi connectivity index (χ4n) is 3.32. The number of rotatable bonds is 3. The summed E-state index contributed by atoms with van der Waals surface area (Å²) >= 11 is 6.36. The van der Waals surface area contributed by atoms with Crippen LogP contribution in [0.2, 0.25) is 5.02 Å². The Labute approximate surface area is 132 Å². The van der Waals surface area contributed by atoms with E-state index in [9.17, 15) is 0 Å². The van der Waals surface area contributed by atoms with E-state index < -0.39 is 0 Å². The normalized spacial score (nSPS) is 25.0. The largest absolute Gasteiger partial charge is 0.486 e. The van der Waals surface area contributed by atoms with Crippen LogP contribution in [0.3, 0.4) is 0 Å². The van der Waals surface area contributed by atoms with Crippen molar-refractivity contribution >= 4 is 17.3 Å². The lowest BCUT2D eigenvalue weighted by molar-refractivity contribution is 0.171. The number of nitrogens with one attached hydrogen (secondary N) is 1. The first kappa shape index (κ1) is 14.8. The van der Waals surface area contributed by atoms with Crippen molar-refractivity contribution in [2.24, 2.45) is 11.8 Å². The van der Waals surface area contributed by atoms with Gasteiger partial charge in [-0.3, -0.25) is 0 Å². The molecule has 0 saturated heterocycles. The van der Waals surface area contributed by atoms with Gasteiger partial charge in [0.05, 0.1) is 10.7 Å². The van der Waals surface area contributed by atoms with Crippen LogP contribution in [0, 0.1) is 11.8 Å². The summed E-state index contributed by atoms with van der Waals surface area (Å²) in [5, 5.41) is 4.30. The lowest BCUT2D eigenvalue weighted by Crippen LogP contribution is -2.28. The van der Waals surface area contributed by atoms with Crippen LogP contribution in [-0.4, -0.2) is 19.3 Å². The molecule has 0 amide bonds. The second kappa shape index (κ2) is 6.35. The van der Waals surface area contributed by atoms with Gasteiger partial charge in [0.2, 0.25) is 0 Å². The summed E-state index contributed by atoms with van der Waals surface area (Å²) in [6.45, 7) is 5.86. The molecule has 0 radical (unpaired) electrons. The van der Waals surface area contributed by atoms with Gasteiger partial charge in [-0.2, -0.15) is 0 Å². The second-order valence-electron chi connectivity index (χ2n) is 6.48. The average molecular weight is 310 g/mol. The Balaban J connectivity index is 1.65. The maximum Gasteiger partial charge on any atom is 0.163 e. The number of hydrogen-bond donors (Lipinski definition) is 1. The van der Waals surface area contributed by atoms with Gasteiger partial charge in [-0.05, 0) is 37.5 Å². The first-order valence-electron chi connectivity index (χ1n) is 7.99. The van der Waals surface area contributed by atoms with E-state index in [-0.39, 0.29) is 0 Å². The summed E-state index contributed by atoms with van der Waals surface area (Å²) in [7, 11) is 0. The fourth-order valence-corrected chi connectivity index (χ4v) is 3.53. The van der Waals surface area contributed by atoms with Crippen LogP contribution in [0.1, 0.15) is 39.5 Å². The van der Waals surface area contributed by atoms with Crippen molar-refractivity contribution in [1.82, 2.24) is 0 Å². The summed E-state index contributed by atoms with van der Waals surface area (Å²) in [5.74, 6) is 3.21. The molecular weight excluding hydrogens is 286 g/mol. The van der Waals surface area contributed by atoms with Crippen LogP contribution in [-0.2, 0) is 0 Å². The molecule has 1 aliphatic heterocycles. The van der Waals surface area contributed by atoms with Crippen molar-refractivity contribution in [3.63, 3.8) is 0 Å². The Morgan fingerprint density at radius 1 is 1.05 bits per heavy atom. The first-order valence-corrected chi connectivity index (χ1v) is 8.37. The van der Waals surface area contributed by atoms with Gasteiger partial charge in [-0.15, -0.1) is 0 Å². The zero-order valence-electron chi connectivity index (χ0n) is 12.8. The van der Waals surface area contributed by atoms with E-state index in [1.807, 2.05) is 12.1 Å². The Morgan fingerprint density at radius 2 is 1.67 bits per heavy atom. The van der Waals surface area contributed by atoms with Crippen molar-refractivity contribution in [3.8, 4) is 11.5 Å². The maximum absolute atomic E-state index is 6.36. The first-order chi connectivity index (χ1) is 10.1. The number of anilines is 1. The Morgan fingerprint density at radius 3 is 2.29 bits per heavy atom. The third-order valence-electron chi connectivity index (χ3n) is 4.71. The number of fused-ring (bicyclic) bond motifs is 1. The Bertz CT molecular complexity index is 496. The van der Waals surface area contributed by atoms with E-state index in [1.165, 1.54) is 25.7 Å². The monoisotopic (exact) mass is 309 g/mol. The summed E-state index contributed by atoms with van der Waals surface area (Å²) in [4.78, 5) is 0. The minimum atomic E-state index is 0.514. The lowest BCUT2D eigenvalue weighted by atomic mass is 9.79. The van der Waals surface area contributed by atoms with Gasteiger partial charge in [0.1, 0.15) is 13.2 Å². The van der Waals surface area contributed by atoms with Gasteiger partial charge >= 0.3 is 0 Å². The summed E-state index contributed by atoms with van der Waals surface area (Å²) in [6, 6.07) is 4.35. The van der Waals surface area contributed by atoms with Gasteiger partial charge in [-0.25, -0.2) is 0 Å². The van der Waals surface area contributed by atoms with Crippen LogP contribution in [0.4, 0.5) is 5.69 Å². The molecular formula is C17H24ClNO2. The Hall–Kier alpha value is -1.09. The summed E-state index contributed by atoms with van der Waals surface area (Å²) in [6.07, 6.45) is 5.04. The number of ether oxygens (including phenoxy) is 2. The second-order valence-corrected chi connectivity index (χ2v) is 6.88. The summed E-state index contributed by atoms with van der Waals surface area (Å²) < 4.78 is 11.2. The minimum absolute atomic E-state index is 0.514. The highest BCUT2D eigenvalue weighted by Gasteiger charge is 2.24. The van der Waals surface area contributed by atoms with Crippen LogP contribution >= 0.6 is 11.6 Å². The molecule has 0 bridgehead atoms. The van der Waals surface area contributed by atoms with Gasteiger partial charge in [0.15, 0.2) is 11.5 Å². The van der Waals surface area contributed by atoms with E-state index in [1.54, 1.807) is 0 Å². The van der Waals surface area contributed by atoms with Gasteiger partial charge in [0, 0.05) is 18.2 Å².